The molecular formula is C22H26N2O5. The Bertz CT molecular complexity index is 787. The van der Waals surface area contributed by atoms with Gasteiger partial charge in [-0.05, 0) is 49.2 Å². The number of benzene rings is 2. The summed E-state index contributed by atoms with van der Waals surface area (Å²) in [5.41, 5.74) is 0.760. The van der Waals surface area contributed by atoms with Gasteiger partial charge in [-0.15, -0.1) is 0 Å². The molecule has 1 N–H and O–H groups in total. The summed E-state index contributed by atoms with van der Waals surface area (Å²) in [5.74, 6) is 1.04. The maximum absolute atomic E-state index is 12.3. The van der Waals surface area contributed by atoms with Crippen LogP contribution in [-0.4, -0.2) is 50.3 Å². The molecule has 0 saturated carbocycles. The highest BCUT2D eigenvalue weighted by Gasteiger charge is 2.28. The Balaban J connectivity index is 1.33. The molecule has 0 aromatic heterocycles. The molecule has 2 amide bonds. The fraction of sp³-hybridized carbons (Fsp3) is 0.364. The van der Waals surface area contributed by atoms with Gasteiger partial charge in [0.2, 0.25) is 0 Å². The molecule has 1 heterocycles. The zero-order valence-corrected chi connectivity index (χ0v) is 16.5. The van der Waals surface area contributed by atoms with Crippen molar-refractivity contribution in [1.29, 1.82) is 0 Å². The molecule has 0 radical (unpaired) electrons. The van der Waals surface area contributed by atoms with Gasteiger partial charge in [-0.2, -0.15) is 0 Å². The minimum absolute atomic E-state index is 0.143. The number of carbonyl (C=O) groups is 2. The number of hydrogen-bond donors (Lipinski definition) is 1. The van der Waals surface area contributed by atoms with E-state index in [-0.39, 0.29) is 31.1 Å². The highest BCUT2D eigenvalue weighted by Crippen LogP contribution is 2.20. The number of nitrogens with zero attached hydrogens (tertiary/aromatic N) is 1. The van der Waals surface area contributed by atoms with E-state index in [0.29, 0.717) is 31.7 Å². The molecule has 29 heavy (non-hydrogen) atoms. The van der Waals surface area contributed by atoms with Gasteiger partial charge in [0.05, 0.1) is 13.0 Å². The fourth-order valence-electron chi connectivity index (χ4n) is 3.13. The average Bonchev–Trinajstić information content (AvgIpc) is 2.77. The number of esters is 1. The van der Waals surface area contributed by atoms with Crippen LogP contribution in [0.5, 0.6) is 11.5 Å². The first-order valence-electron chi connectivity index (χ1n) is 9.70. The van der Waals surface area contributed by atoms with Crippen molar-refractivity contribution in [1.82, 2.24) is 4.90 Å². The van der Waals surface area contributed by atoms with Gasteiger partial charge in [-0.25, -0.2) is 4.79 Å². The summed E-state index contributed by atoms with van der Waals surface area (Å²) >= 11 is 0. The molecule has 2 aromatic carbocycles. The third kappa shape index (κ3) is 6.14. The second-order valence-corrected chi connectivity index (χ2v) is 6.75. The van der Waals surface area contributed by atoms with Crippen LogP contribution in [0.4, 0.5) is 10.5 Å². The lowest BCUT2D eigenvalue weighted by Gasteiger charge is -2.31. The van der Waals surface area contributed by atoms with Gasteiger partial charge >= 0.3 is 12.0 Å². The van der Waals surface area contributed by atoms with E-state index in [1.54, 1.807) is 24.1 Å². The molecule has 154 valence electrons. The lowest BCUT2D eigenvalue weighted by Crippen LogP contribution is -2.42. The van der Waals surface area contributed by atoms with Crippen LogP contribution in [0.1, 0.15) is 12.8 Å². The molecule has 1 fully saturated rings. The third-order valence-electron chi connectivity index (χ3n) is 4.80. The van der Waals surface area contributed by atoms with Crippen LogP contribution in [0.15, 0.2) is 54.6 Å². The van der Waals surface area contributed by atoms with Gasteiger partial charge in [0.1, 0.15) is 24.7 Å². The first-order valence-corrected chi connectivity index (χ1v) is 9.70. The van der Waals surface area contributed by atoms with Gasteiger partial charge in [0.15, 0.2) is 0 Å². The Morgan fingerprint density at radius 3 is 2.28 bits per heavy atom. The van der Waals surface area contributed by atoms with Crippen molar-refractivity contribution < 1.29 is 23.8 Å². The number of hydrogen-bond acceptors (Lipinski definition) is 5. The van der Waals surface area contributed by atoms with Gasteiger partial charge in [0, 0.05) is 18.8 Å². The maximum atomic E-state index is 12.3. The number of nitrogens with one attached hydrogen (secondary N) is 1. The summed E-state index contributed by atoms with van der Waals surface area (Å²) in [4.78, 5) is 26.3. The Morgan fingerprint density at radius 1 is 0.966 bits per heavy atom. The third-order valence-corrected chi connectivity index (χ3v) is 4.80. The molecular weight excluding hydrogens is 372 g/mol. The number of piperidine rings is 1. The zero-order chi connectivity index (χ0) is 20.5. The molecule has 2 aromatic rings. The van der Waals surface area contributed by atoms with E-state index >= 15 is 0 Å². The van der Waals surface area contributed by atoms with Gasteiger partial charge < -0.3 is 24.4 Å². The number of amides is 2. The topological polar surface area (TPSA) is 77.1 Å². The Morgan fingerprint density at radius 2 is 1.62 bits per heavy atom. The van der Waals surface area contributed by atoms with Gasteiger partial charge in [-0.1, -0.05) is 18.2 Å². The van der Waals surface area contributed by atoms with Crippen molar-refractivity contribution in [2.45, 2.75) is 12.8 Å². The summed E-state index contributed by atoms with van der Waals surface area (Å²) in [7, 11) is 1.61. The number of para-hydroxylation sites is 1. The number of rotatable bonds is 7. The Hall–Kier alpha value is -3.22. The molecule has 1 aliphatic rings. The molecule has 0 atom stereocenters. The highest BCUT2D eigenvalue weighted by molar-refractivity contribution is 5.89. The first kappa shape index (κ1) is 20.5. The standard InChI is InChI=1S/C22H26N2O5/c1-27-19-7-9-20(10-8-19)28-15-16-29-21(25)17-11-13-24(14-12-17)22(26)23-18-5-3-2-4-6-18/h2-10,17H,11-16H2,1H3,(H,23,26). The summed E-state index contributed by atoms with van der Waals surface area (Å²) in [6, 6.07) is 16.4. The van der Waals surface area contributed by atoms with Crippen LogP contribution in [0.25, 0.3) is 0 Å². The lowest BCUT2D eigenvalue weighted by molar-refractivity contribution is -0.150. The quantitative estimate of drug-likeness (QED) is 0.570. The highest BCUT2D eigenvalue weighted by atomic mass is 16.6. The van der Waals surface area contributed by atoms with E-state index in [1.165, 1.54) is 0 Å². The Kier molecular flexibility index (Phi) is 7.33. The van der Waals surface area contributed by atoms with Crippen molar-refractivity contribution >= 4 is 17.7 Å². The molecule has 0 aliphatic carbocycles. The normalized spacial score (nSPS) is 14.2. The SMILES string of the molecule is COc1ccc(OCCOC(=O)C2CCN(C(=O)Nc3ccccc3)CC2)cc1. The van der Waals surface area contributed by atoms with E-state index in [1.807, 2.05) is 42.5 Å². The largest absolute Gasteiger partial charge is 0.497 e. The van der Waals surface area contributed by atoms with Crippen LogP contribution < -0.4 is 14.8 Å². The van der Waals surface area contributed by atoms with E-state index in [2.05, 4.69) is 5.32 Å². The monoisotopic (exact) mass is 398 g/mol. The number of urea groups is 1. The van der Waals surface area contributed by atoms with Crippen LogP contribution in [-0.2, 0) is 9.53 Å². The number of anilines is 1. The van der Waals surface area contributed by atoms with E-state index in [4.69, 9.17) is 14.2 Å². The van der Waals surface area contributed by atoms with E-state index in [9.17, 15) is 9.59 Å². The zero-order valence-electron chi connectivity index (χ0n) is 16.5. The fourth-order valence-corrected chi connectivity index (χ4v) is 3.13. The molecule has 3 rings (SSSR count). The molecule has 0 spiro atoms. The van der Waals surface area contributed by atoms with E-state index in [0.717, 1.165) is 11.4 Å². The van der Waals surface area contributed by atoms with Crippen molar-refractivity contribution in [3.8, 4) is 11.5 Å². The van der Waals surface area contributed by atoms with Crippen molar-refractivity contribution in [3.63, 3.8) is 0 Å². The van der Waals surface area contributed by atoms with E-state index < -0.39 is 0 Å². The van der Waals surface area contributed by atoms with Gasteiger partial charge in [0.25, 0.3) is 0 Å². The molecule has 0 bridgehead atoms. The second kappa shape index (κ2) is 10.4. The Labute approximate surface area is 170 Å². The van der Waals surface area contributed by atoms with Crippen LogP contribution >= 0.6 is 0 Å². The van der Waals surface area contributed by atoms with Crippen LogP contribution in [0.2, 0.25) is 0 Å². The van der Waals surface area contributed by atoms with Gasteiger partial charge in [-0.3, -0.25) is 4.79 Å². The lowest BCUT2D eigenvalue weighted by atomic mass is 9.97. The second-order valence-electron chi connectivity index (χ2n) is 6.75. The van der Waals surface area contributed by atoms with Crippen molar-refractivity contribution in [2.75, 3.05) is 38.7 Å². The number of ether oxygens (including phenoxy) is 3. The minimum atomic E-state index is -0.230. The van der Waals surface area contributed by atoms with Crippen LogP contribution in [0.3, 0.4) is 0 Å². The number of methoxy groups -OCH3 is 1. The summed E-state index contributed by atoms with van der Waals surface area (Å²) in [5, 5.41) is 2.87. The predicted octanol–water partition coefficient (Wildman–Crippen LogP) is 3.56. The summed E-state index contributed by atoms with van der Waals surface area (Å²) in [6.07, 6.45) is 1.20. The smallest absolute Gasteiger partial charge is 0.321 e. The van der Waals surface area contributed by atoms with Crippen molar-refractivity contribution in [2.24, 2.45) is 5.92 Å². The first-order chi connectivity index (χ1) is 14.2. The minimum Gasteiger partial charge on any atom is -0.497 e. The molecule has 1 saturated heterocycles. The summed E-state index contributed by atoms with van der Waals surface area (Å²) in [6.45, 7) is 1.54. The molecule has 0 unspecified atom stereocenters. The maximum Gasteiger partial charge on any atom is 0.321 e. The molecule has 7 nitrogen and oxygen atoms in total. The molecule has 7 heteroatoms. The average molecular weight is 398 g/mol. The van der Waals surface area contributed by atoms with Crippen molar-refractivity contribution in [3.05, 3.63) is 54.6 Å². The predicted molar refractivity (Wildman–Crippen MR) is 109 cm³/mol. The van der Waals surface area contributed by atoms with Crippen LogP contribution in [0, 0.1) is 5.92 Å². The molecule has 1 aliphatic heterocycles. The number of likely N-dealkylation sites (tertiary alicyclic amines) is 1. The summed E-state index contributed by atoms with van der Waals surface area (Å²) < 4.78 is 16.0. The number of carbonyl (C=O) groups excluding carboxylic acids is 2.